The van der Waals surface area contributed by atoms with Crippen LogP contribution in [0.3, 0.4) is 0 Å². The Morgan fingerprint density at radius 2 is 2.00 bits per heavy atom. The number of benzene rings is 1. The van der Waals surface area contributed by atoms with Crippen LogP contribution in [0.25, 0.3) is 0 Å². The standard InChI is InChI=1S/C16H19N3O2/c1-12-6-7-15(9-13(12)2)21-11-19-16(20)18-10-14-5-3-4-8-17-14/h3-9H,10-11H2,1-2H3,(H2,18,19,20). The van der Waals surface area contributed by atoms with Crippen molar-refractivity contribution in [3.05, 3.63) is 59.4 Å². The first kappa shape index (κ1) is 14.8. The van der Waals surface area contributed by atoms with Crippen LogP contribution in [0.2, 0.25) is 0 Å². The Kier molecular flexibility index (Phi) is 5.15. The number of nitrogens with one attached hydrogen (secondary N) is 2. The predicted octanol–water partition coefficient (Wildman–Crippen LogP) is 2.53. The number of aryl methyl sites for hydroxylation is 2. The fraction of sp³-hybridized carbons (Fsp3) is 0.250. The summed E-state index contributed by atoms with van der Waals surface area (Å²) in [6, 6.07) is 11.1. The van der Waals surface area contributed by atoms with Gasteiger partial charge in [0.2, 0.25) is 0 Å². The molecule has 1 aromatic carbocycles. The van der Waals surface area contributed by atoms with E-state index < -0.39 is 0 Å². The van der Waals surface area contributed by atoms with Crippen LogP contribution in [0.5, 0.6) is 5.75 Å². The molecular weight excluding hydrogens is 266 g/mol. The molecular formula is C16H19N3O2. The lowest BCUT2D eigenvalue weighted by Crippen LogP contribution is -2.37. The van der Waals surface area contributed by atoms with Crippen LogP contribution in [-0.4, -0.2) is 17.7 Å². The second-order valence-corrected chi connectivity index (χ2v) is 4.72. The second-order valence-electron chi connectivity index (χ2n) is 4.72. The summed E-state index contributed by atoms with van der Waals surface area (Å²) in [4.78, 5) is 15.7. The van der Waals surface area contributed by atoms with E-state index in [1.54, 1.807) is 6.20 Å². The van der Waals surface area contributed by atoms with Crippen molar-refractivity contribution in [3.63, 3.8) is 0 Å². The number of nitrogens with zero attached hydrogens (tertiary/aromatic N) is 1. The number of rotatable bonds is 5. The first-order valence-corrected chi connectivity index (χ1v) is 6.77. The number of hydrogen-bond acceptors (Lipinski definition) is 3. The molecule has 2 rings (SSSR count). The highest BCUT2D eigenvalue weighted by Gasteiger charge is 2.01. The Hall–Kier alpha value is -2.56. The zero-order valence-electron chi connectivity index (χ0n) is 12.2. The van der Waals surface area contributed by atoms with Gasteiger partial charge in [-0.25, -0.2) is 4.79 Å². The maximum absolute atomic E-state index is 11.6. The third kappa shape index (κ3) is 4.80. The van der Waals surface area contributed by atoms with Crippen LogP contribution >= 0.6 is 0 Å². The van der Waals surface area contributed by atoms with Crippen molar-refractivity contribution >= 4 is 6.03 Å². The summed E-state index contributed by atoms with van der Waals surface area (Å²) in [5, 5.41) is 5.35. The van der Waals surface area contributed by atoms with Crippen molar-refractivity contribution in [1.29, 1.82) is 0 Å². The average Bonchev–Trinajstić information content (AvgIpc) is 2.50. The number of aromatic nitrogens is 1. The van der Waals surface area contributed by atoms with Gasteiger partial charge in [0, 0.05) is 6.20 Å². The first-order chi connectivity index (χ1) is 10.1. The second kappa shape index (κ2) is 7.28. The number of amides is 2. The van der Waals surface area contributed by atoms with Crippen molar-refractivity contribution in [1.82, 2.24) is 15.6 Å². The van der Waals surface area contributed by atoms with Crippen LogP contribution in [0.1, 0.15) is 16.8 Å². The van der Waals surface area contributed by atoms with Crippen LogP contribution in [-0.2, 0) is 6.54 Å². The van der Waals surface area contributed by atoms with Gasteiger partial charge < -0.3 is 15.4 Å². The summed E-state index contributed by atoms with van der Waals surface area (Å²) in [6.45, 7) is 4.57. The zero-order valence-corrected chi connectivity index (χ0v) is 12.2. The quantitative estimate of drug-likeness (QED) is 0.830. The normalized spacial score (nSPS) is 10.0. The summed E-state index contributed by atoms with van der Waals surface area (Å²) in [5.74, 6) is 0.739. The molecule has 2 N–H and O–H groups in total. The molecule has 0 aliphatic rings. The Labute approximate surface area is 124 Å². The molecule has 0 atom stereocenters. The minimum absolute atomic E-state index is 0.122. The molecule has 2 amide bonds. The largest absolute Gasteiger partial charge is 0.473 e. The maximum Gasteiger partial charge on any atom is 0.317 e. The van der Waals surface area contributed by atoms with Gasteiger partial charge in [-0.3, -0.25) is 4.98 Å². The lowest BCUT2D eigenvalue weighted by molar-refractivity contribution is 0.223. The van der Waals surface area contributed by atoms with Gasteiger partial charge in [0.1, 0.15) is 5.75 Å². The number of carbonyl (C=O) groups is 1. The van der Waals surface area contributed by atoms with E-state index >= 15 is 0 Å². The van der Waals surface area contributed by atoms with E-state index in [1.807, 2.05) is 50.2 Å². The van der Waals surface area contributed by atoms with Crippen molar-refractivity contribution < 1.29 is 9.53 Å². The monoisotopic (exact) mass is 285 g/mol. The molecule has 0 saturated heterocycles. The topological polar surface area (TPSA) is 63.2 Å². The molecule has 5 heteroatoms. The first-order valence-electron chi connectivity index (χ1n) is 6.77. The van der Waals surface area contributed by atoms with Gasteiger partial charge in [0.15, 0.2) is 6.73 Å². The highest BCUT2D eigenvalue weighted by atomic mass is 16.5. The van der Waals surface area contributed by atoms with Crippen LogP contribution in [0.4, 0.5) is 4.79 Å². The lowest BCUT2D eigenvalue weighted by Gasteiger charge is -2.10. The number of carbonyl (C=O) groups excluding carboxylic acids is 1. The van der Waals surface area contributed by atoms with Crippen molar-refractivity contribution in [2.75, 3.05) is 6.73 Å². The van der Waals surface area contributed by atoms with Gasteiger partial charge in [0.25, 0.3) is 0 Å². The van der Waals surface area contributed by atoms with E-state index in [0.29, 0.717) is 6.54 Å². The van der Waals surface area contributed by atoms with Gasteiger partial charge >= 0.3 is 6.03 Å². The minimum Gasteiger partial charge on any atom is -0.473 e. The Balaban J connectivity index is 1.70. The summed E-state index contributed by atoms with van der Waals surface area (Å²) in [6.07, 6.45) is 1.69. The Morgan fingerprint density at radius 3 is 2.71 bits per heavy atom. The molecule has 0 aliphatic carbocycles. The summed E-state index contributed by atoms with van der Waals surface area (Å²) < 4.78 is 5.48. The fourth-order valence-corrected chi connectivity index (χ4v) is 1.72. The van der Waals surface area contributed by atoms with Crippen molar-refractivity contribution in [3.8, 4) is 5.75 Å². The molecule has 0 spiro atoms. The number of urea groups is 1. The third-order valence-electron chi connectivity index (χ3n) is 3.11. The van der Waals surface area contributed by atoms with Crippen LogP contribution < -0.4 is 15.4 Å². The number of ether oxygens (including phenoxy) is 1. The summed E-state index contributed by atoms with van der Waals surface area (Å²) >= 11 is 0. The number of pyridine rings is 1. The van der Waals surface area contributed by atoms with Crippen molar-refractivity contribution in [2.24, 2.45) is 0 Å². The fourth-order valence-electron chi connectivity index (χ4n) is 1.72. The van der Waals surface area contributed by atoms with Gasteiger partial charge in [-0.2, -0.15) is 0 Å². The van der Waals surface area contributed by atoms with Crippen LogP contribution in [0, 0.1) is 13.8 Å². The molecule has 1 heterocycles. The van der Waals surface area contributed by atoms with Gasteiger partial charge in [-0.05, 0) is 49.2 Å². The van der Waals surface area contributed by atoms with E-state index in [9.17, 15) is 4.79 Å². The molecule has 0 radical (unpaired) electrons. The molecule has 1 aromatic heterocycles. The molecule has 5 nitrogen and oxygen atoms in total. The Morgan fingerprint density at radius 1 is 1.14 bits per heavy atom. The molecule has 0 fully saturated rings. The SMILES string of the molecule is Cc1ccc(OCNC(=O)NCc2ccccn2)cc1C. The molecule has 21 heavy (non-hydrogen) atoms. The molecule has 0 aliphatic heterocycles. The van der Waals surface area contributed by atoms with Crippen LogP contribution in [0.15, 0.2) is 42.6 Å². The Bertz CT molecular complexity index is 600. The molecule has 0 unspecified atom stereocenters. The smallest absolute Gasteiger partial charge is 0.317 e. The lowest BCUT2D eigenvalue weighted by atomic mass is 10.1. The highest BCUT2D eigenvalue weighted by molar-refractivity contribution is 5.73. The predicted molar refractivity (Wildman–Crippen MR) is 81.0 cm³/mol. The van der Waals surface area contributed by atoms with Gasteiger partial charge in [-0.1, -0.05) is 12.1 Å². The van der Waals surface area contributed by atoms with E-state index in [2.05, 4.69) is 15.6 Å². The van der Waals surface area contributed by atoms with Gasteiger partial charge in [-0.15, -0.1) is 0 Å². The minimum atomic E-state index is -0.288. The molecule has 110 valence electrons. The third-order valence-corrected chi connectivity index (χ3v) is 3.11. The van der Waals surface area contributed by atoms with Crippen molar-refractivity contribution in [2.45, 2.75) is 20.4 Å². The highest BCUT2D eigenvalue weighted by Crippen LogP contribution is 2.15. The maximum atomic E-state index is 11.6. The summed E-state index contributed by atoms with van der Waals surface area (Å²) in [5.41, 5.74) is 3.18. The average molecular weight is 285 g/mol. The molecule has 2 aromatic rings. The van der Waals surface area contributed by atoms with E-state index in [-0.39, 0.29) is 12.8 Å². The van der Waals surface area contributed by atoms with E-state index in [1.165, 1.54) is 5.56 Å². The zero-order chi connectivity index (χ0) is 15.1. The molecule has 0 saturated carbocycles. The number of hydrogen-bond donors (Lipinski definition) is 2. The van der Waals surface area contributed by atoms with E-state index in [4.69, 9.17) is 4.74 Å². The summed E-state index contributed by atoms with van der Waals surface area (Å²) in [7, 11) is 0. The van der Waals surface area contributed by atoms with E-state index in [0.717, 1.165) is 17.0 Å². The van der Waals surface area contributed by atoms with Gasteiger partial charge in [0.05, 0.1) is 12.2 Å². The molecule has 0 bridgehead atoms.